The lowest BCUT2D eigenvalue weighted by atomic mass is 10.3. The van der Waals surface area contributed by atoms with Crippen LogP contribution in [0.15, 0.2) is 17.2 Å². The van der Waals surface area contributed by atoms with Crippen LogP contribution < -0.4 is 11.0 Å². The molecule has 0 aromatic carbocycles. The Hall–Kier alpha value is -1.08. The van der Waals surface area contributed by atoms with Gasteiger partial charge in [0, 0.05) is 37.6 Å². The molecule has 0 amide bonds. The zero-order chi connectivity index (χ0) is 14.0. The van der Waals surface area contributed by atoms with E-state index in [0.717, 1.165) is 0 Å². The molecule has 1 aliphatic heterocycles. The summed E-state index contributed by atoms with van der Waals surface area (Å²) < 4.78 is 25.9. The fourth-order valence-electron chi connectivity index (χ4n) is 2.34. The van der Waals surface area contributed by atoms with E-state index in [9.17, 15) is 13.2 Å². The van der Waals surface area contributed by atoms with Gasteiger partial charge in [-0.25, -0.2) is 13.2 Å². The van der Waals surface area contributed by atoms with Gasteiger partial charge in [-0.1, -0.05) is 0 Å². The van der Waals surface area contributed by atoms with E-state index in [1.807, 2.05) is 13.8 Å². The van der Waals surface area contributed by atoms with Gasteiger partial charge in [0.1, 0.15) is 0 Å². The minimum Gasteiger partial charge on any atom is -0.311 e. The summed E-state index contributed by atoms with van der Waals surface area (Å²) in [4.78, 5) is 11.9. The molecule has 0 aliphatic carbocycles. The summed E-state index contributed by atoms with van der Waals surface area (Å²) >= 11 is 0. The van der Waals surface area contributed by atoms with Crippen LogP contribution in [0.2, 0.25) is 0 Å². The number of rotatable bonds is 5. The summed E-state index contributed by atoms with van der Waals surface area (Å²) in [6.45, 7) is 5.11. The zero-order valence-electron chi connectivity index (χ0n) is 11.4. The van der Waals surface area contributed by atoms with Gasteiger partial charge in [-0.05, 0) is 20.3 Å². The first-order chi connectivity index (χ1) is 8.89. The van der Waals surface area contributed by atoms with Crippen LogP contribution in [0, 0.1) is 0 Å². The number of hydrogen-bond acceptors (Lipinski definition) is 4. The second-order valence-corrected chi connectivity index (χ2v) is 7.56. The van der Waals surface area contributed by atoms with Gasteiger partial charge < -0.3 is 5.32 Å². The van der Waals surface area contributed by atoms with Crippen LogP contribution in [-0.2, 0) is 16.4 Å². The molecule has 1 aromatic heterocycles. The molecule has 1 aromatic rings. The summed E-state index contributed by atoms with van der Waals surface area (Å²) in [5.74, 6) is 0.489. The first kappa shape index (κ1) is 14.3. The Labute approximate surface area is 113 Å². The van der Waals surface area contributed by atoms with Gasteiger partial charge in [0.15, 0.2) is 9.84 Å². The Kier molecular flexibility index (Phi) is 4.15. The second-order valence-electron chi connectivity index (χ2n) is 5.33. The quantitative estimate of drug-likeness (QED) is 0.828. The molecule has 1 saturated heterocycles. The lowest BCUT2D eigenvalue weighted by Gasteiger charge is -2.10. The van der Waals surface area contributed by atoms with E-state index in [1.165, 1.54) is 0 Å². The summed E-state index contributed by atoms with van der Waals surface area (Å²) in [6.07, 6.45) is 4.23. The lowest BCUT2D eigenvalue weighted by Crippen LogP contribution is -2.35. The molecule has 1 fully saturated rings. The third-order valence-corrected chi connectivity index (χ3v) is 5.22. The van der Waals surface area contributed by atoms with Gasteiger partial charge in [-0.2, -0.15) is 0 Å². The maximum absolute atomic E-state index is 11.9. The predicted molar refractivity (Wildman–Crippen MR) is 74.1 cm³/mol. The Morgan fingerprint density at radius 3 is 2.68 bits per heavy atom. The van der Waals surface area contributed by atoms with E-state index in [0.29, 0.717) is 19.5 Å². The monoisotopic (exact) mass is 287 g/mol. The van der Waals surface area contributed by atoms with Crippen molar-refractivity contribution in [3.8, 4) is 0 Å². The highest BCUT2D eigenvalue weighted by Gasteiger charge is 2.27. The van der Waals surface area contributed by atoms with E-state index in [2.05, 4.69) is 5.32 Å². The molecule has 0 spiro atoms. The van der Waals surface area contributed by atoms with Crippen LogP contribution in [0.5, 0.6) is 0 Å². The third-order valence-electron chi connectivity index (χ3n) is 3.45. The van der Waals surface area contributed by atoms with E-state index in [-0.39, 0.29) is 29.3 Å². The van der Waals surface area contributed by atoms with Crippen LogP contribution in [0.25, 0.3) is 0 Å². The average molecular weight is 287 g/mol. The molecule has 0 saturated carbocycles. The highest BCUT2D eigenvalue weighted by atomic mass is 32.2. The topological polar surface area (TPSA) is 73.1 Å². The van der Waals surface area contributed by atoms with Crippen molar-refractivity contribution in [2.45, 2.75) is 38.9 Å². The van der Waals surface area contributed by atoms with Gasteiger partial charge in [-0.3, -0.25) is 9.13 Å². The lowest BCUT2D eigenvalue weighted by molar-refractivity contribution is 0.500. The average Bonchev–Trinajstić information content (AvgIpc) is 2.83. The van der Waals surface area contributed by atoms with Crippen LogP contribution in [0.3, 0.4) is 0 Å². The van der Waals surface area contributed by atoms with Crippen LogP contribution in [0.1, 0.15) is 26.3 Å². The van der Waals surface area contributed by atoms with Crippen LogP contribution in [-0.4, -0.2) is 41.6 Å². The Balaban J connectivity index is 1.85. The normalized spacial score (nSPS) is 22.2. The first-order valence-corrected chi connectivity index (χ1v) is 8.42. The highest BCUT2D eigenvalue weighted by molar-refractivity contribution is 7.91. The molecule has 1 unspecified atom stereocenters. The largest absolute Gasteiger partial charge is 0.328 e. The van der Waals surface area contributed by atoms with E-state index in [4.69, 9.17) is 0 Å². The van der Waals surface area contributed by atoms with Crippen molar-refractivity contribution >= 4 is 9.84 Å². The number of nitrogens with zero attached hydrogens (tertiary/aromatic N) is 2. The standard InChI is InChI=1S/C12H21N3O3S/c1-10(2)15-7-6-14(12(15)16)5-4-13-11-3-8-19(17,18)9-11/h6-7,10-11,13H,3-5,8-9H2,1-2H3. The predicted octanol–water partition coefficient (Wildman–Crippen LogP) is 0.00740. The smallest absolute Gasteiger partial charge is 0.311 e. The Morgan fingerprint density at radius 1 is 1.42 bits per heavy atom. The number of hydrogen-bond donors (Lipinski definition) is 1. The minimum atomic E-state index is -2.84. The maximum atomic E-state index is 11.9. The summed E-state index contributed by atoms with van der Waals surface area (Å²) in [7, 11) is -2.84. The molecule has 7 heteroatoms. The third kappa shape index (κ3) is 3.48. The van der Waals surface area contributed by atoms with Gasteiger partial charge in [-0.15, -0.1) is 0 Å². The molecule has 0 bridgehead atoms. The Morgan fingerprint density at radius 2 is 2.16 bits per heavy atom. The van der Waals surface area contributed by atoms with Crippen molar-refractivity contribution in [2.24, 2.45) is 0 Å². The SMILES string of the molecule is CC(C)n1ccn(CCNC2CCS(=O)(=O)C2)c1=O. The zero-order valence-corrected chi connectivity index (χ0v) is 12.2. The molecule has 108 valence electrons. The summed E-state index contributed by atoms with van der Waals surface area (Å²) in [6, 6.07) is 0.189. The Bertz CT molecular complexity index is 586. The number of aromatic nitrogens is 2. The van der Waals surface area contributed by atoms with Gasteiger partial charge in [0.05, 0.1) is 11.5 Å². The molecule has 2 heterocycles. The fourth-order valence-corrected chi connectivity index (χ4v) is 4.04. The van der Waals surface area contributed by atoms with Crippen molar-refractivity contribution in [3.05, 3.63) is 22.9 Å². The van der Waals surface area contributed by atoms with Gasteiger partial charge in [0.25, 0.3) is 0 Å². The van der Waals surface area contributed by atoms with E-state index < -0.39 is 9.84 Å². The van der Waals surface area contributed by atoms with Crippen molar-refractivity contribution in [1.82, 2.24) is 14.5 Å². The molecule has 2 rings (SSSR count). The highest BCUT2D eigenvalue weighted by Crippen LogP contribution is 2.10. The minimum absolute atomic E-state index is 0.0177. The first-order valence-electron chi connectivity index (χ1n) is 6.60. The number of imidazole rings is 1. The second kappa shape index (κ2) is 5.50. The van der Waals surface area contributed by atoms with E-state index in [1.54, 1.807) is 21.5 Å². The van der Waals surface area contributed by atoms with Gasteiger partial charge >= 0.3 is 5.69 Å². The van der Waals surface area contributed by atoms with Crippen molar-refractivity contribution < 1.29 is 8.42 Å². The molecule has 0 radical (unpaired) electrons. The number of sulfone groups is 1. The summed E-state index contributed by atoms with van der Waals surface area (Å²) in [5, 5.41) is 3.20. The molecule has 19 heavy (non-hydrogen) atoms. The van der Waals surface area contributed by atoms with Crippen molar-refractivity contribution in [1.29, 1.82) is 0 Å². The molecule has 1 atom stereocenters. The molecular formula is C12H21N3O3S. The molecule has 6 nitrogen and oxygen atoms in total. The van der Waals surface area contributed by atoms with Crippen molar-refractivity contribution in [2.75, 3.05) is 18.1 Å². The van der Waals surface area contributed by atoms with Gasteiger partial charge in [0.2, 0.25) is 0 Å². The van der Waals surface area contributed by atoms with Crippen molar-refractivity contribution in [3.63, 3.8) is 0 Å². The van der Waals surface area contributed by atoms with Crippen LogP contribution in [0.4, 0.5) is 0 Å². The maximum Gasteiger partial charge on any atom is 0.328 e. The van der Waals surface area contributed by atoms with E-state index >= 15 is 0 Å². The molecule has 1 N–H and O–H groups in total. The van der Waals surface area contributed by atoms with Crippen LogP contribution >= 0.6 is 0 Å². The molecular weight excluding hydrogens is 266 g/mol. The molecule has 1 aliphatic rings. The summed E-state index contributed by atoms with van der Waals surface area (Å²) in [5.41, 5.74) is -0.0177. The number of nitrogens with one attached hydrogen (secondary N) is 1. The fraction of sp³-hybridized carbons (Fsp3) is 0.750.